The van der Waals surface area contributed by atoms with Gasteiger partial charge in [0.1, 0.15) is 0 Å². The van der Waals surface area contributed by atoms with Crippen molar-refractivity contribution >= 4 is 21.8 Å². The Morgan fingerprint density at radius 1 is 1.53 bits per heavy atom. The van der Waals surface area contributed by atoms with E-state index < -0.39 is 0 Å². The van der Waals surface area contributed by atoms with Crippen molar-refractivity contribution in [3.8, 4) is 6.07 Å². The molecule has 0 fully saturated rings. The molecule has 1 amide bonds. The molecule has 1 aromatic carbocycles. The number of nitrogens with one attached hydrogen (secondary N) is 1. The van der Waals surface area contributed by atoms with Crippen molar-refractivity contribution in [3.05, 3.63) is 35.4 Å². The lowest BCUT2D eigenvalue weighted by atomic mass is 10.1. The van der Waals surface area contributed by atoms with Crippen molar-refractivity contribution in [2.24, 2.45) is 0 Å². The van der Waals surface area contributed by atoms with E-state index in [1.54, 1.807) is 24.3 Å². The number of amides is 1. The van der Waals surface area contributed by atoms with Crippen LogP contribution in [0.2, 0.25) is 0 Å². The van der Waals surface area contributed by atoms with Gasteiger partial charge in [-0.25, -0.2) is 0 Å². The zero-order chi connectivity index (χ0) is 11.1. The Morgan fingerprint density at radius 2 is 2.33 bits per heavy atom. The Morgan fingerprint density at radius 3 is 3.00 bits per heavy atom. The van der Waals surface area contributed by atoms with Gasteiger partial charge in [-0.15, -0.1) is 0 Å². The van der Waals surface area contributed by atoms with Gasteiger partial charge in [0.25, 0.3) is 5.91 Å². The Balaban J connectivity index is 2.62. The Kier molecular flexibility index (Phi) is 4.85. The molecule has 0 aromatic heterocycles. The summed E-state index contributed by atoms with van der Waals surface area (Å²) in [6.45, 7) is 0.640. The molecular formula is C11H11BrN2O. The maximum absolute atomic E-state index is 11.6. The molecule has 4 heteroatoms. The average molecular weight is 267 g/mol. The molecule has 1 N–H and O–H groups in total. The topological polar surface area (TPSA) is 52.9 Å². The Hall–Kier alpha value is -1.34. The summed E-state index contributed by atoms with van der Waals surface area (Å²) in [7, 11) is 0. The summed E-state index contributed by atoms with van der Waals surface area (Å²) in [4.78, 5) is 11.6. The third kappa shape index (κ3) is 3.72. The summed E-state index contributed by atoms with van der Waals surface area (Å²) in [6, 6.07) is 8.67. The molecule has 0 aliphatic rings. The van der Waals surface area contributed by atoms with Crippen LogP contribution in [0, 0.1) is 11.3 Å². The van der Waals surface area contributed by atoms with E-state index in [-0.39, 0.29) is 5.91 Å². The molecule has 0 saturated carbocycles. The molecule has 0 aliphatic carbocycles. The van der Waals surface area contributed by atoms with E-state index in [1.165, 1.54) is 0 Å². The number of hydrogen-bond acceptors (Lipinski definition) is 2. The van der Waals surface area contributed by atoms with Crippen molar-refractivity contribution in [2.45, 2.75) is 6.42 Å². The first-order chi connectivity index (χ1) is 7.27. The molecule has 1 rings (SSSR count). The summed E-state index contributed by atoms with van der Waals surface area (Å²) in [5.41, 5.74) is 1.03. The Labute approximate surface area is 97.2 Å². The van der Waals surface area contributed by atoms with Crippen LogP contribution in [-0.2, 0) is 0 Å². The van der Waals surface area contributed by atoms with Crippen molar-refractivity contribution in [1.82, 2.24) is 5.32 Å². The van der Waals surface area contributed by atoms with Crippen molar-refractivity contribution in [2.75, 3.05) is 11.9 Å². The van der Waals surface area contributed by atoms with Crippen LogP contribution in [0.3, 0.4) is 0 Å². The zero-order valence-electron chi connectivity index (χ0n) is 8.16. The van der Waals surface area contributed by atoms with Crippen LogP contribution < -0.4 is 5.32 Å². The standard InChI is InChI=1S/C11H11BrN2O/c12-5-2-6-14-11(15)10-4-1-3-9(7-10)8-13/h1,3-4,7H,2,5-6H2,(H,14,15). The summed E-state index contributed by atoms with van der Waals surface area (Å²) in [5.74, 6) is -0.131. The average Bonchev–Trinajstić information content (AvgIpc) is 2.29. The van der Waals surface area contributed by atoms with Crippen molar-refractivity contribution < 1.29 is 4.79 Å². The van der Waals surface area contributed by atoms with Crippen LogP contribution in [0.5, 0.6) is 0 Å². The number of halogens is 1. The van der Waals surface area contributed by atoms with Crippen LogP contribution in [0.1, 0.15) is 22.3 Å². The van der Waals surface area contributed by atoms with Crippen LogP contribution in [0.25, 0.3) is 0 Å². The van der Waals surface area contributed by atoms with Crippen LogP contribution in [0.4, 0.5) is 0 Å². The molecule has 0 unspecified atom stereocenters. The molecule has 1 aromatic rings. The molecule has 0 atom stereocenters. The van der Waals surface area contributed by atoms with Gasteiger partial charge in [-0.2, -0.15) is 5.26 Å². The second-order valence-electron chi connectivity index (χ2n) is 2.99. The predicted octanol–water partition coefficient (Wildman–Crippen LogP) is 2.07. The smallest absolute Gasteiger partial charge is 0.251 e. The van der Waals surface area contributed by atoms with E-state index in [2.05, 4.69) is 21.2 Å². The van der Waals surface area contributed by atoms with Crippen molar-refractivity contribution in [3.63, 3.8) is 0 Å². The number of nitrogens with zero attached hydrogens (tertiary/aromatic N) is 1. The highest BCUT2D eigenvalue weighted by Gasteiger charge is 2.04. The van der Waals surface area contributed by atoms with Gasteiger partial charge in [0.15, 0.2) is 0 Å². The molecule has 0 heterocycles. The maximum atomic E-state index is 11.6. The largest absolute Gasteiger partial charge is 0.352 e. The van der Waals surface area contributed by atoms with Gasteiger partial charge in [-0.3, -0.25) is 4.79 Å². The van der Waals surface area contributed by atoms with Crippen LogP contribution in [0.15, 0.2) is 24.3 Å². The highest BCUT2D eigenvalue weighted by Crippen LogP contribution is 2.03. The zero-order valence-corrected chi connectivity index (χ0v) is 9.75. The van der Waals surface area contributed by atoms with Gasteiger partial charge >= 0.3 is 0 Å². The van der Waals surface area contributed by atoms with Gasteiger partial charge in [0.05, 0.1) is 11.6 Å². The van der Waals surface area contributed by atoms with E-state index in [0.29, 0.717) is 17.7 Å². The van der Waals surface area contributed by atoms with E-state index >= 15 is 0 Å². The highest BCUT2D eigenvalue weighted by atomic mass is 79.9. The SMILES string of the molecule is N#Cc1cccc(C(=O)NCCCBr)c1. The highest BCUT2D eigenvalue weighted by molar-refractivity contribution is 9.09. The van der Waals surface area contributed by atoms with E-state index in [4.69, 9.17) is 5.26 Å². The number of hydrogen-bond donors (Lipinski definition) is 1. The quantitative estimate of drug-likeness (QED) is 0.670. The molecule has 3 nitrogen and oxygen atoms in total. The van der Waals surface area contributed by atoms with Gasteiger partial charge in [0.2, 0.25) is 0 Å². The second-order valence-corrected chi connectivity index (χ2v) is 3.78. The molecular weight excluding hydrogens is 256 g/mol. The lowest BCUT2D eigenvalue weighted by molar-refractivity contribution is 0.0954. The number of alkyl halides is 1. The fourth-order valence-electron chi connectivity index (χ4n) is 1.10. The molecule has 0 radical (unpaired) electrons. The number of carbonyl (C=O) groups excluding carboxylic acids is 1. The van der Waals surface area contributed by atoms with Crippen LogP contribution in [-0.4, -0.2) is 17.8 Å². The fourth-order valence-corrected chi connectivity index (χ4v) is 1.38. The predicted molar refractivity (Wildman–Crippen MR) is 61.9 cm³/mol. The molecule has 0 aliphatic heterocycles. The molecule has 15 heavy (non-hydrogen) atoms. The minimum Gasteiger partial charge on any atom is -0.352 e. The van der Waals surface area contributed by atoms with Gasteiger partial charge < -0.3 is 5.32 Å². The molecule has 0 bridgehead atoms. The number of carbonyl (C=O) groups is 1. The monoisotopic (exact) mass is 266 g/mol. The minimum absolute atomic E-state index is 0.131. The van der Waals surface area contributed by atoms with E-state index in [0.717, 1.165) is 11.8 Å². The van der Waals surface area contributed by atoms with E-state index in [9.17, 15) is 4.79 Å². The Bertz CT molecular complexity index is 384. The van der Waals surface area contributed by atoms with Gasteiger partial charge in [-0.1, -0.05) is 22.0 Å². The van der Waals surface area contributed by atoms with Crippen LogP contribution >= 0.6 is 15.9 Å². The maximum Gasteiger partial charge on any atom is 0.251 e. The summed E-state index contributed by atoms with van der Waals surface area (Å²) < 4.78 is 0. The molecule has 0 saturated heterocycles. The summed E-state index contributed by atoms with van der Waals surface area (Å²) in [6.07, 6.45) is 0.893. The number of rotatable bonds is 4. The first-order valence-electron chi connectivity index (χ1n) is 4.62. The molecule has 0 spiro atoms. The number of benzene rings is 1. The lowest BCUT2D eigenvalue weighted by Crippen LogP contribution is -2.24. The van der Waals surface area contributed by atoms with E-state index in [1.807, 2.05) is 6.07 Å². The molecule has 78 valence electrons. The first-order valence-corrected chi connectivity index (χ1v) is 5.74. The third-order valence-corrected chi connectivity index (χ3v) is 2.41. The van der Waals surface area contributed by atoms with Gasteiger partial charge in [-0.05, 0) is 24.6 Å². The summed E-state index contributed by atoms with van der Waals surface area (Å²) >= 11 is 3.28. The minimum atomic E-state index is -0.131. The number of nitriles is 1. The third-order valence-electron chi connectivity index (χ3n) is 1.85. The lowest BCUT2D eigenvalue weighted by Gasteiger charge is -2.03. The normalized spacial score (nSPS) is 9.33. The second kappa shape index (κ2) is 6.20. The fraction of sp³-hybridized carbons (Fsp3) is 0.273. The van der Waals surface area contributed by atoms with Crippen molar-refractivity contribution in [1.29, 1.82) is 5.26 Å². The summed E-state index contributed by atoms with van der Waals surface area (Å²) in [5, 5.41) is 12.3. The van der Waals surface area contributed by atoms with Gasteiger partial charge in [0, 0.05) is 17.4 Å². The first kappa shape index (κ1) is 11.7.